The van der Waals surface area contributed by atoms with E-state index in [4.69, 9.17) is 5.11 Å². The second kappa shape index (κ2) is 3.30. The Hall–Kier alpha value is -1.78. The lowest BCUT2D eigenvalue weighted by Crippen LogP contribution is -2.08. The number of rotatable bonds is 2. The van der Waals surface area contributed by atoms with Crippen molar-refractivity contribution in [2.45, 2.75) is 13.8 Å². The summed E-state index contributed by atoms with van der Waals surface area (Å²) in [5.74, 6) is 0.354. The molecule has 1 aromatic rings. The van der Waals surface area contributed by atoms with Crippen LogP contribution in [0, 0.1) is 13.8 Å². The maximum Gasteiger partial charge on any atom is 0.410 e. The van der Waals surface area contributed by atoms with Crippen LogP contribution in [0.25, 0.3) is 0 Å². The second-order valence-electron chi connectivity index (χ2n) is 2.71. The van der Waals surface area contributed by atoms with Gasteiger partial charge in [0.2, 0.25) is 0 Å². The summed E-state index contributed by atoms with van der Waals surface area (Å²) in [5, 5.41) is 10.6. The van der Waals surface area contributed by atoms with Gasteiger partial charge in [0.25, 0.3) is 0 Å². The number of anilines is 1. The van der Waals surface area contributed by atoms with E-state index in [1.807, 2.05) is 0 Å². The van der Waals surface area contributed by atoms with E-state index < -0.39 is 6.09 Å². The quantitative estimate of drug-likeness (QED) is 0.606. The number of aromatic nitrogens is 1. The number of hydrogen-bond acceptors (Lipinski definition) is 2. The Morgan fingerprint density at radius 1 is 1.54 bits per heavy atom. The van der Waals surface area contributed by atoms with E-state index in [1.54, 1.807) is 13.8 Å². The molecule has 13 heavy (non-hydrogen) atoms. The highest BCUT2D eigenvalue weighted by Gasteiger charge is 2.11. The topological polar surface area (TPSA) is 82.2 Å². The Labute approximate surface area is 74.8 Å². The molecule has 0 atom stereocenters. The zero-order valence-electron chi connectivity index (χ0n) is 7.34. The number of aldehydes is 1. The molecule has 1 amide bonds. The first-order valence-corrected chi connectivity index (χ1v) is 3.70. The van der Waals surface area contributed by atoms with Gasteiger partial charge in [-0.25, -0.2) is 4.79 Å². The Kier molecular flexibility index (Phi) is 2.36. The number of H-pyrrole nitrogens is 1. The molecule has 1 aromatic heterocycles. The molecule has 0 unspecified atom stereocenters. The van der Waals surface area contributed by atoms with Gasteiger partial charge in [0.15, 0.2) is 6.29 Å². The van der Waals surface area contributed by atoms with Gasteiger partial charge in [-0.1, -0.05) is 0 Å². The SMILES string of the molecule is Cc1[nH]c(NC(=O)O)c(C)c1C=O. The van der Waals surface area contributed by atoms with Crippen molar-refractivity contribution in [2.24, 2.45) is 0 Å². The van der Waals surface area contributed by atoms with Crippen LogP contribution in [0.1, 0.15) is 21.6 Å². The number of amides is 1. The molecule has 0 bridgehead atoms. The fourth-order valence-electron chi connectivity index (χ4n) is 1.17. The van der Waals surface area contributed by atoms with E-state index in [-0.39, 0.29) is 0 Å². The summed E-state index contributed by atoms with van der Waals surface area (Å²) in [6, 6.07) is 0. The highest BCUT2D eigenvalue weighted by Crippen LogP contribution is 2.19. The lowest BCUT2D eigenvalue weighted by molar-refractivity contribution is 0.112. The van der Waals surface area contributed by atoms with Gasteiger partial charge in [-0.2, -0.15) is 0 Å². The predicted molar refractivity (Wildman–Crippen MR) is 47.3 cm³/mol. The number of carbonyl (C=O) groups excluding carboxylic acids is 1. The van der Waals surface area contributed by atoms with Gasteiger partial charge in [-0.15, -0.1) is 0 Å². The molecule has 70 valence electrons. The molecule has 1 heterocycles. The Morgan fingerprint density at radius 3 is 2.54 bits per heavy atom. The number of carbonyl (C=O) groups is 2. The van der Waals surface area contributed by atoms with Crippen LogP contribution in [0.3, 0.4) is 0 Å². The van der Waals surface area contributed by atoms with Crippen molar-refractivity contribution in [2.75, 3.05) is 5.32 Å². The second-order valence-corrected chi connectivity index (χ2v) is 2.71. The number of hydrogen-bond donors (Lipinski definition) is 3. The molecule has 0 aliphatic heterocycles. The standard InChI is InChI=1S/C8H10N2O3/c1-4-6(3-11)5(2)9-7(4)10-8(12)13/h3,9-10H,1-2H3,(H,12,13). The Balaban J connectivity index is 3.10. The minimum Gasteiger partial charge on any atom is -0.465 e. The molecule has 0 aromatic carbocycles. The van der Waals surface area contributed by atoms with Gasteiger partial charge in [-0.05, 0) is 13.8 Å². The van der Waals surface area contributed by atoms with E-state index in [2.05, 4.69) is 10.3 Å². The summed E-state index contributed by atoms with van der Waals surface area (Å²) in [5.41, 5.74) is 1.79. The summed E-state index contributed by atoms with van der Waals surface area (Å²) < 4.78 is 0. The van der Waals surface area contributed by atoms with Crippen LogP contribution < -0.4 is 5.32 Å². The molecule has 0 spiro atoms. The van der Waals surface area contributed by atoms with Gasteiger partial charge < -0.3 is 10.1 Å². The minimum atomic E-state index is -1.15. The summed E-state index contributed by atoms with van der Waals surface area (Å²) in [6.07, 6.45) is -0.449. The summed E-state index contributed by atoms with van der Waals surface area (Å²) in [6.45, 7) is 3.39. The van der Waals surface area contributed by atoms with Crippen LogP contribution >= 0.6 is 0 Å². The minimum absolute atomic E-state index is 0.354. The van der Waals surface area contributed by atoms with Crippen LogP contribution in [-0.4, -0.2) is 22.5 Å². The van der Waals surface area contributed by atoms with Crippen molar-refractivity contribution in [3.63, 3.8) is 0 Å². The maximum atomic E-state index is 10.6. The zero-order chi connectivity index (χ0) is 10.0. The third-order valence-electron chi connectivity index (χ3n) is 1.85. The molecule has 3 N–H and O–H groups in total. The van der Waals surface area contributed by atoms with Crippen molar-refractivity contribution >= 4 is 18.2 Å². The monoisotopic (exact) mass is 182 g/mol. The smallest absolute Gasteiger partial charge is 0.410 e. The molecule has 0 aliphatic carbocycles. The summed E-state index contributed by atoms with van der Waals surface area (Å²) in [7, 11) is 0. The first kappa shape index (κ1) is 9.31. The number of nitrogens with one attached hydrogen (secondary N) is 2. The first-order chi connectivity index (χ1) is 6.06. The third-order valence-corrected chi connectivity index (χ3v) is 1.85. The molecule has 1 rings (SSSR count). The fourth-order valence-corrected chi connectivity index (χ4v) is 1.17. The Bertz CT molecular complexity index is 355. The van der Waals surface area contributed by atoms with Crippen molar-refractivity contribution < 1.29 is 14.7 Å². The first-order valence-electron chi connectivity index (χ1n) is 3.70. The fraction of sp³-hybridized carbons (Fsp3) is 0.250. The lowest BCUT2D eigenvalue weighted by atomic mass is 10.2. The van der Waals surface area contributed by atoms with E-state index in [9.17, 15) is 9.59 Å². The van der Waals surface area contributed by atoms with E-state index in [1.165, 1.54) is 0 Å². The molecule has 5 heteroatoms. The Morgan fingerprint density at radius 2 is 2.15 bits per heavy atom. The largest absolute Gasteiger partial charge is 0.465 e. The molecule has 0 fully saturated rings. The molecule has 5 nitrogen and oxygen atoms in total. The average molecular weight is 182 g/mol. The maximum absolute atomic E-state index is 10.6. The van der Waals surface area contributed by atoms with E-state index >= 15 is 0 Å². The number of carboxylic acid groups (broad SMARTS) is 1. The molecule has 0 radical (unpaired) electrons. The highest BCUT2D eigenvalue weighted by molar-refractivity contribution is 5.88. The molecular weight excluding hydrogens is 172 g/mol. The molecule has 0 saturated heterocycles. The van der Waals surface area contributed by atoms with Crippen LogP contribution in [0.4, 0.5) is 10.6 Å². The van der Waals surface area contributed by atoms with Gasteiger partial charge in [0, 0.05) is 16.8 Å². The number of aryl methyl sites for hydroxylation is 1. The van der Waals surface area contributed by atoms with Crippen molar-refractivity contribution in [3.05, 3.63) is 16.8 Å². The van der Waals surface area contributed by atoms with Crippen LogP contribution in [0.2, 0.25) is 0 Å². The predicted octanol–water partition coefficient (Wildman–Crippen LogP) is 1.53. The molecular formula is C8H10N2O3. The van der Waals surface area contributed by atoms with Crippen LogP contribution in [0.15, 0.2) is 0 Å². The van der Waals surface area contributed by atoms with E-state index in [0.717, 1.165) is 0 Å². The van der Waals surface area contributed by atoms with Gasteiger partial charge in [0.05, 0.1) is 0 Å². The third kappa shape index (κ3) is 1.69. The van der Waals surface area contributed by atoms with Crippen molar-refractivity contribution in [3.8, 4) is 0 Å². The number of aromatic amines is 1. The van der Waals surface area contributed by atoms with Crippen LogP contribution in [-0.2, 0) is 0 Å². The van der Waals surface area contributed by atoms with E-state index in [0.29, 0.717) is 28.9 Å². The van der Waals surface area contributed by atoms with Gasteiger partial charge in [0.1, 0.15) is 5.82 Å². The van der Waals surface area contributed by atoms with Gasteiger partial charge >= 0.3 is 6.09 Å². The average Bonchev–Trinajstić information content (AvgIpc) is 2.26. The molecule has 0 aliphatic rings. The van der Waals surface area contributed by atoms with Crippen molar-refractivity contribution in [1.82, 2.24) is 4.98 Å². The van der Waals surface area contributed by atoms with Crippen LogP contribution in [0.5, 0.6) is 0 Å². The van der Waals surface area contributed by atoms with Crippen molar-refractivity contribution in [1.29, 1.82) is 0 Å². The summed E-state index contributed by atoms with van der Waals surface area (Å²) >= 11 is 0. The summed E-state index contributed by atoms with van der Waals surface area (Å²) in [4.78, 5) is 23.6. The molecule has 0 saturated carbocycles. The zero-order valence-corrected chi connectivity index (χ0v) is 7.34. The normalized spacial score (nSPS) is 9.69. The highest BCUT2D eigenvalue weighted by atomic mass is 16.4. The lowest BCUT2D eigenvalue weighted by Gasteiger charge is -1.97. The van der Waals surface area contributed by atoms with Gasteiger partial charge in [-0.3, -0.25) is 10.1 Å².